The van der Waals surface area contributed by atoms with Gasteiger partial charge in [-0.25, -0.2) is 19.2 Å². The second-order valence-corrected chi connectivity index (χ2v) is 23.5. The largest absolute Gasteiger partial charge is 0.494 e. The molecule has 0 aromatic heterocycles. The number of halogens is 2. The van der Waals surface area contributed by atoms with Gasteiger partial charge < -0.3 is 39.6 Å². The normalized spacial score (nSPS) is 14.1. The average Bonchev–Trinajstić information content (AvgIpc) is 1.64. The highest BCUT2D eigenvalue weighted by molar-refractivity contribution is 6.42. The van der Waals surface area contributed by atoms with E-state index in [1.165, 1.54) is 45.5 Å². The van der Waals surface area contributed by atoms with Crippen LogP contribution in [0.3, 0.4) is 0 Å². The van der Waals surface area contributed by atoms with E-state index in [0.717, 1.165) is 44.5 Å². The predicted octanol–water partition coefficient (Wildman–Crippen LogP) is 15.3. The number of fused-ring (bicyclic) bond motifs is 10. The fraction of sp³-hybridized carbons (Fsp3) is 0.200. The van der Waals surface area contributed by atoms with Crippen LogP contribution in [0.5, 0.6) is 5.75 Å². The van der Waals surface area contributed by atoms with Crippen molar-refractivity contribution in [2.45, 2.75) is 68.5 Å². The molecule has 15 nitrogen and oxygen atoms in total. The standard InChI is InChI=1S/C26H23NO4.C25H22O5.C24H19Cl2NO4/c28-25(29)14-19-13-17-7-1-2-8-18(17)15-27(19)26(30)31-16-24-22-11-5-3-9-20(22)21-10-4-6-12-23(21)24;26-24(10-5-15-29-18-13-11-17(12-14-18)25(27)28)30-16-23-21-8-3-1-6-19(21)20-7-2-4-9-22(20)23;25-20-10-9-14(11-21(20)26)12-22(23(28)29)27-24(30)31-13-19-17-7-3-1-5-15(17)16-6-2-4-8-18(16)19/h1-12,19,24H,13-16H2,(H,28,29);1-4,6-9,11-14,23H,5,10,15-16H2,(H,27,28);1-11,19,22H,12-13H2,(H,27,30)(H,28,29)/t19-;;22-/m0.1/s1. The zero-order chi connectivity index (χ0) is 64.3. The van der Waals surface area contributed by atoms with E-state index in [1.807, 2.05) is 121 Å². The molecule has 466 valence electrons. The molecule has 0 spiro atoms. The van der Waals surface area contributed by atoms with Crippen molar-refractivity contribution in [3.63, 3.8) is 0 Å². The number of hydrogen-bond donors (Lipinski definition) is 4. The highest BCUT2D eigenvalue weighted by atomic mass is 35.5. The van der Waals surface area contributed by atoms with Gasteiger partial charge in [0, 0.05) is 43.2 Å². The molecule has 0 unspecified atom stereocenters. The molecule has 0 fully saturated rings. The number of aliphatic carboxylic acids is 2. The van der Waals surface area contributed by atoms with Gasteiger partial charge in [0.15, 0.2) is 0 Å². The first-order valence-corrected chi connectivity index (χ1v) is 30.9. The maximum absolute atomic E-state index is 13.1. The van der Waals surface area contributed by atoms with Gasteiger partial charge in [0.25, 0.3) is 0 Å². The van der Waals surface area contributed by atoms with Crippen LogP contribution in [0.2, 0.25) is 10.0 Å². The molecular weight excluding hydrogens is 1210 g/mol. The number of carbonyl (C=O) groups excluding carboxylic acids is 3. The Morgan fingerprint density at radius 1 is 0.511 bits per heavy atom. The van der Waals surface area contributed by atoms with Gasteiger partial charge in [-0.05, 0) is 133 Å². The minimum atomic E-state index is -1.17. The van der Waals surface area contributed by atoms with Crippen molar-refractivity contribution in [1.82, 2.24) is 10.2 Å². The first-order chi connectivity index (χ1) is 44.7. The number of nitrogens with one attached hydrogen (secondary N) is 1. The van der Waals surface area contributed by atoms with Crippen LogP contribution >= 0.6 is 23.2 Å². The van der Waals surface area contributed by atoms with E-state index < -0.39 is 42.2 Å². The number of alkyl carbamates (subject to hydrolysis) is 1. The van der Waals surface area contributed by atoms with Crippen molar-refractivity contribution >= 4 is 59.3 Å². The Morgan fingerprint density at radius 3 is 1.41 bits per heavy atom. The molecule has 13 rings (SSSR count). The zero-order valence-electron chi connectivity index (χ0n) is 49.8. The molecule has 0 saturated carbocycles. The summed E-state index contributed by atoms with van der Waals surface area (Å²) in [6.07, 6.45) is 0.0271. The number of nitrogens with zero attached hydrogens (tertiary/aromatic N) is 1. The van der Waals surface area contributed by atoms with E-state index in [-0.39, 0.29) is 61.8 Å². The van der Waals surface area contributed by atoms with Gasteiger partial charge in [-0.1, -0.05) is 199 Å². The third-order valence-electron chi connectivity index (χ3n) is 17.0. The van der Waals surface area contributed by atoms with E-state index in [4.69, 9.17) is 47.3 Å². The summed E-state index contributed by atoms with van der Waals surface area (Å²) < 4.78 is 22.4. The molecule has 0 bridgehead atoms. The molecular formula is C75H64Cl2N2O13. The second kappa shape index (κ2) is 29.2. The number of rotatable bonds is 18. The van der Waals surface area contributed by atoms with E-state index in [2.05, 4.69) is 53.8 Å². The molecule has 9 aromatic rings. The average molecular weight is 1270 g/mol. The third-order valence-corrected chi connectivity index (χ3v) is 17.7. The second-order valence-electron chi connectivity index (χ2n) is 22.7. The lowest BCUT2D eigenvalue weighted by atomic mass is 9.92. The maximum atomic E-state index is 13.1. The van der Waals surface area contributed by atoms with Gasteiger partial charge in [-0.15, -0.1) is 0 Å². The van der Waals surface area contributed by atoms with Crippen molar-refractivity contribution in [1.29, 1.82) is 0 Å². The molecule has 9 aromatic carbocycles. The van der Waals surface area contributed by atoms with Crippen LogP contribution in [0.1, 0.15) is 97.4 Å². The molecule has 17 heteroatoms. The van der Waals surface area contributed by atoms with Crippen molar-refractivity contribution in [2.75, 3.05) is 26.4 Å². The van der Waals surface area contributed by atoms with Gasteiger partial charge in [-0.2, -0.15) is 0 Å². The van der Waals surface area contributed by atoms with Gasteiger partial charge >= 0.3 is 36.1 Å². The Hall–Kier alpha value is -10.2. The first-order valence-electron chi connectivity index (χ1n) is 30.2. The quantitative estimate of drug-likeness (QED) is 0.0358. The molecule has 0 radical (unpaired) electrons. The summed E-state index contributed by atoms with van der Waals surface area (Å²) in [4.78, 5) is 73.2. The summed E-state index contributed by atoms with van der Waals surface area (Å²) in [5.41, 5.74) is 16.9. The summed E-state index contributed by atoms with van der Waals surface area (Å²) in [6, 6.07) is 66.2. The summed E-state index contributed by atoms with van der Waals surface area (Å²) in [5, 5.41) is 30.9. The van der Waals surface area contributed by atoms with E-state index in [1.54, 1.807) is 35.2 Å². The van der Waals surface area contributed by atoms with Crippen LogP contribution < -0.4 is 10.1 Å². The molecule has 0 saturated heterocycles. The van der Waals surface area contributed by atoms with Gasteiger partial charge in [-0.3, -0.25) is 14.5 Å². The minimum Gasteiger partial charge on any atom is -0.494 e. The molecule has 1 heterocycles. The van der Waals surface area contributed by atoms with Crippen LogP contribution in [0, 0.1) is 0 Å². The molecule has 4 aliphatic rings. The fourth-order valence-corrected chi connectivity index (χ4v) is 12.9. The lowest BCUT2D eigenvalue weighted by molar-refractivity contribution is -0.144. The van der Waals surface area contributed by atoms with Gasteiger partial charge in [0.05, 0.1) is 28.6 Å². The van der Waals surface area contributed by atoms with Gasteiger partial charge in [0.2, 0.25) is 0 Å². The molecule has 2 amide bonds. The fourth-order valence-electron chi connectivity index (χ4n) is 12.5. The topological polar surface area (TPSA) is 215 Å². The van der Waals surface area contributed by atoms with Crippen LogP contribution in [0.4, 0.5) is 9.59 Å². The van der Waals surface area contributed by atoms with E-state index >= 15 is 0 Å². The number of esters is 1. The van der Waals surface area contributed by atoms with Crippen LogP contribution in [0.15, 0.2) is 212 Å². The van der Waals surface area contributed by atoms with E-state index in [0.29, 0.717) is 54.0 Å². The monoisotopic (exact) mass is 1270 g/mol. The molecule has 2 atom stereocenters. The lowest BCUT2D eigenvalue weighted by Gasteiger charge is -2.35. The number of hydrogen-bond acceptors (Lipinski definition) is 10. The number of amides is 2. The SMILES string of the molecule is O=C(CCCOc1ccc(C(=O)O)cc1)OCC1c2ccccc2-c2ccccc21.O=C(N[C@H](Cc1ccc(Cl)c(Cl)c1)C(=O)O)OCC1c2ccccc2-c2ccccc21.O=C(O)C[C@@H]1Cc2ccccc2CN1C(=O)OCC1c2ccccc2-c2ccccc21. The summed E-state index contributed by atoms with van der Waals surface area (Å²) in [6.45, 7) is 1.38. The smallest absolute Gasteiger partial charge is 0.410 e. The number of carbonyl (C=O) groups is 6. The van der Waals surface area contributed by atoms with E-state index in [9.17, 15) is 39.0 Å². The Morgan fingerprint density at radius 2 is 0.957 bits per heavy atom. The van der Waals surface area contributed by atoms with Gasteiger partial charge in [0.1, 0.15) is 31.6 Å². The zero-order valence-corrected chi connectivity index (χ0v) is 51.3. The highest BCUT2D eigenvalue weighted by Gasteiger charge is 2.36. The van der Waals surface area contributed by atoms with Crippen LogP contribution in [0.25, 0.3) is 33.4 Å². The lowest BCUT2D eigenvalue weighted by Crippen LogP contribution is -2.45. The Labute approximate surface area is 541 Å². The summed E-state index contributed by atoms with van der Waals surface area (Å²) in [5.74, 6) is -2.79. The maximum Gasteiger partial charge on any atom is 0.410 e. The van der Waals surface area contributed by atoms with Crippen molar-refractivity contribution in [3.8, 4) is 39.1 Å². The number of carboxylic acids is 3. The molecule has 3 aliphatic carbocycles. The number of carboxylic acid groups (broad SMARTS) is 3. The minimum absolute atomic E-state index is 0.0219. The molecule has 92 heavy (non-hydrogen) atoms. The summed E-state index contributed by atoms with van der Waals surface area (Å²) in [7, 11) is 0. The molecule has 1 aliphatic heterocycles. The predicted molar refractivity (Wildman–Crippen MR) is 349 cm³/mol. The summed E-state index contributed by atoms with van der Waals surface area (Å²) >= 11 is 11.9. The van der Waals surface area contributed by atoms with Crippen molar-refractivity contribution < 1.29 is 63.0 Å². The Kier molecular flexibility index (Phi) is 20.1. The van der Waals surface area contributed by atoms with Crippen LogP contribution in [-0.2, 0) is 48.0 Å². The Balaban J connectivity index is 0.000000141. The van der Waals surface area contributed by atoms with Crippen LogP contribution in [-0.4, -0.2) is 94.8 Å². The first kappa shape index (κ1) is 63.4. The Bertz CT molecular complexity index is 4070. The highest BCUT2D eigenvalue weighted by Crippen LogP contribution is 2.47. The number of ether oxygens (including phenoxy) is 4. The number of benzene rings is 9. The van der Waals surface area contributed by atoms with Crippen molar-refractivity contribution in [2.24, 2.45) is 0 Å². The number of aromatic carboxylic acids is 1. The van der Waals surface area contributed by atoms with Crippen molar-refractivity contribution in [3.05, 3.63) is 278 Å². The third kappa shape index (κ3) is 14.7. The molecule has 4 N–H and O–H groups in total.